The number of nitrogens with zero attached hydrogens (tertiary/aromatic N) is 3. The van der Waals surface area contributed by atoms with Crippen molar-refractivity contribution in [3.05, 3.63) is 36.4 Å². The van der Waals surface area contributed by atoms with E-state index in [4.69, 9.17) is 0 Å². The maximum absolute atomic E-state index is 12.4. The number of carbonyl (C=O) groups excluding carboxylic acids is 1. The van der Waals surface area contributed by atoms with Gasteiger partial charge in [-0.15, -0.1) is 0 Å². The Kier molecular flexibility index (Phi) is 5.22. The minimum atomic E-state index is -0.162. The summed E-state index contributed by atoms with van der Waals surface area (Å²) < 4.78 is 2.06. The Morgan fingerprint density at radius 1 is 1.30 bits per heavy atom. The van der Waals surface area contributed by atoms with E-state index in [1.807, 2.05) is 30.7 Å². The number of pyridine rings is 1. The van der Waals surface area contributed by atoms with Crippen LogP contribution in [0.2, 0.25) is 0 Å². The van der Waals surface area contributed by atoms with E-state index in [0.717, 1.165) is 12.0 Å². The first-order valence-corrected chi connectivity index (χ1v) is 9.88. The van der Waals surface area contributed by atoms with Crippen molar-refractivity contribution in [2.24, 2.45) is 5.92 Å². The summed E-state index contributed by atoms with van der Waals surface area (Å²) in [5.74, 6) is 1.14. The molecule has 2 fully saturated rings. The van der Waals surface area contributed by atoms with Crippen molar-refractivity contribution >= 4 is 5.91 Å². The average molecular weight is 368 g/mol. The maximum atomic E-state index is 12.4. The molecule has 144 valence electrons. The minimum Gasteiger partial charge on any atom is -0.353 e. The summed E-state index contributed by atoms with van der Waals surface area (Å²) in [5, 5.41) is 7.66. The number of rotatable bonds is 7. The van der Waals surface area contributed by atoms with Crippen molar-refractivity contribution in [3.63, 3.8) is 0 Å². The zero-order chi connectivity index (χ0) is 18.8. The molecule has 2 aromatic rings. The SMILES string of the molecule is CC(C)C1CC(C(=O)NCCn2ncc(-c3ccncc3)c2C2CC2)NN1. The van der Waals surface area contributed by atoms with Gasteiger partial charge in [0.05, 0.1) is 12.7 Å². The summed E-state index contributed by atoms with van der Waals surface area (Å²) in [7, 11) is 0. The highest BCUT2D eigenvalue weighted by molar-refractivity contribution is 5.82. The first kappa shape index (κ1) is 18.1. The predicted octanol–water partition coefficient (Wildman–Crippen LogP) is 1.83. The Labute approximate surface area is 159 Å². The van der Waals surface area contributed by atoms with Crippen LogP contribution in [0.1, 0.15) is 44.7 Å². The fraction of sp³-hybridized carbons (Fsp3) is 0.550. The lowest BCUT2D eigenvalue weighted by Crippen LogP contribution is -2.44. The van der Waals surface area contributed by atoms with Gasteiger partial charge >= 0.3 is 0 Å². The molecule has 27 heavy (non-hydrogen) atoms. The van der Waals surface area contributed by atoms with Crippen LogP contribution >= 0.6 is 0 Å². The quantitative estimate of drug-likeness (QED) is 0.694. The van der Waals surface area contributed by atoms with Gasteiger partial charge in [-0.3, -0.25) is 19.9 Å². The van der Waals surface area contributed by atoms with Crippen LogP contribution in [0.4, 0.5) is 0 Å². The van der Waals surface area contributed by atoms with Crippen molar-refractivity contribution in [2.75, 3.05) is 6.54 Å². The van der Waals surface area contributed by atoms with E-state index in [9.17, 15) is 4.79 Å². The van der Waals surface area contributed by atoms with Crippen molar-refractivity contribution in [3.8, 4) is 11.1 Å². The van der Waals surface area contributed by atoms with Crippen molar-refractivity contribution in [2.45, 2.75) is 57.7 Å². The molecule has 3 heterocycles. The van der Waals surface area contributed by atoms with Gasteiger partial charge in [0, 0.05) is 42.2 Å². The molecule has 2 aromatic heterocycles. The largest absolute Gasteiger partial charge is 0.353 e. The molecule has 1 aliphatic heterocycles. The van der Waals surface area contributed by atoms with E-state index in [1.54, 1.807) is 0 Å². The zero-order valence-corrected chi connectivity index (χ0v) is 16.0. The van der Waals surface area contributed by atoms with Gasteiger partial charge in [0.15, 0.2) is 0 Å². The van der Waals surface area contributed by atoms with Gasteiger partial charge in [-0.2, -0.15) is 5.10 Å². The lowest BCUT2D eigenvalue weighted by Gasteiger charge is -2.13. The van der Waals surface area contributed by atoms with Crippen molar-refractivity contribution in [1.82, 2.24) is 30.9 Å². The lowest BCUT2D eigenvalue weighted by molar-refractivity contribution is -0.122. The molecule has 0 radical (unpaired) electrons. The van der Waals surface area contributed by atoms with Crippen molar-refractivity contribution in [1.29, 1.82) is 0 Å². The standard InChI is InChI=1S/C20H28N6O/c1-13(2)17-11-18(25-24-17)20(27)22-9-10-26-19(15-3-4-15)16(12-23-26)14-5-7-21-8-6-14/h5-8,12-13,15,17-18,24-25H,3-4,9-11H2,1-2H3,(H,22,27). The molecule has 0 aromatic carbocycles. The molecule has 7 nitrogen and oxygen atoms in total. The molecule has 2 atom stereocenters. The van der Waals surface area contributed by atoms with Crippen LogP contribution in [-0.4, -0.2) is 39.3 Å². The third kappa shape index (κ3) is 4.04. The van der Waals surface area contributed by atoms with E-state index in [2.05, 4.69) is 44.8 Å². The Morgan fingerprint density at radius 2 is 2.07 bits per heavy atom. The van der Waals surface area contributed by atoms with Gasteiger partial charge in [-0.05, 0) is 42.9 Å². The molecule has 0 bridgehead atoms. The van der Waals surface area contributed by atoms with Gasteiger partial charge < -0.3 is 5.32 Å². The van der Waals surface area contributed by atoms with Crippen LogP contribution in [0.3, 0.4) is 0 Å². The summed E-state index contributed by atoms with van der Waals surface area (Å²) in [6.45, 7) is 5.60. The Morgan fingerprint density at radius 3 is 2.74 bits per heavy atom. The zero-order valence-electron chi connectivity index (χ0n) is 16.0. The molecule has 3 N–H and O–H groups in total. The smallest absolute Gasteiger partial charge is 0.238 e. The highest BCUT2D eigenvalue weighted by Gasteiger charge is 2.32. The van der Waals surface area contributed by atoms with E-state index in [-0.39, 0.29) is 11.9 Å². The lowest BCUT2D eigenvalue weighted by atomic mass is 9.99. The van der Waals surface area contributed by atoms with Gasteiger partial charge in [-0.1, -0.05) is 13.8 Å². The Balaban J connectivity index is 1.37. The van der Waals surface area contributed by atoms with Crippen LogP contribution in [-0.2, 0) is 11.3 Å². The normalized spacial score (nSPS) is 22.3. The maximum Gasteiger partial charge on any atom is 0.238 e. The third-order valence-corrected chi connectivity index (χ3v) is 5.51. The van der Waals surface area contributed by atoms with Crippen LogP contribution in [0.25, 0.3) is 11.1 Å². The predicted molar refractivity (Wildman–Crippen MR) is 104 cm³/mol. The number of carbonyl (C=O) groups is 1. The number of amides is 1. The number of aromatic nitrogens is 3. The van der Waals surface area contributed by atoms with E-state index in [0.29, 0.717) is 31.0 Å². The summed E-state index contributed by atoms with van der Waals surface area (Å²) in [6.07, 6.45) is 8.83. The molecule has 2 unspecified atom stereocenters. The van der Waals surface area contributed by atoms with Crippen LogP contribution in [0, 0.1) is 5.92 Å². The van der Waals surface area contributed by atoms with Crippen LogP contribution in [0.15, 0.2) is 30.7 Å². The molecule has 1 aliphatic carbocycles. The molecule has 1 saturated carbocycles. The number of hydrogen-bond acceptors (Lipinski definition) is 5. The molecule has 7 heteroatoms. The van der Waals surface area contributed by atoms with Gasteiger partial charge in [0.2, 0.25) is 5.91 Å². The molecule has 2 aliphatic rings. The summed E-state index contributed by atoms with van der Waals surface area (Å²) in [4.78, 5) is 16.5. The minimum absolute atomic E-state index is 0.0557. The Hall–Kier alpha value is -2.25. The molecular weight excluding hydrogens is 340 g/mol. The second-order valence-corrected chi connectivity index (χ2v) is 7.90. The highest BCUT2D eigenvalue weighted by atomic mass is 16.2. The van der Waals surface area contributed by atoms with E-state index >= 15 is 0 Å². The highest BCUT2D eigenvalue weighted by Crippen LogP contribution is 2.44. The van der Waals surface area contributed by atoms with Gasteiger partial charge in [0.1, 0.15) is 6.04 Å². The topological polar surface area (TPSA) is 83.9 Å². The number of hydrazine groups is 1. The fourth-order valence-electron chi connectivity index (χ4n) is 3.71. The van der Waals surface area contributed by atoms with Crippen LogP contribution < -0.4 is 16.2 Å². The second kappa shape index (κ2) is 7.78. The van der Waals surface area contributed by atoms with E-state index < -0.39 is 0 Å². The van der Waals surface area contributed by atoms with Gasteiger partial charge in [-0.25, -0.2) is 5.43 Å². The molecular formula is C20H28N6O. The molecule has 4 rings (SSSR count). The third-order valence-electron chi connectivity index (χ3n) is 5.51. The monoisotopic (exact) mass is 368 g/mol. The number of hydrogen-bond donors (Lipinski definition) is 3. The Bertz CT molecular complexity index is 783. The van der Waals surface area contributed by atoms with Gasteiger partial charge in [0.25, 0.3) is 0 Å². The first-order chi connectivity index (χ1) is 13.1. The molecule has 1 amide bonds. The second-order valence-electron chi connectivity index (χ2n) is 7.90. The first-order valence-electron chi connectivity index (χ1n) is 9.88. The summed E-state index contributed by atoms with van der Waals surface area (Å²) in [6, 6.07) is 4.24. The van der Waals surface area contributed by atoms with Crippen molar-refractivity contribution < 1.29 is 4.79 Å². The molecule has 0 spiro atoms. The number of nitrogens with one attached hydrogen (secondary N) is 3. The molecule has 1 saturated heterocycles. The fourth-order valence-corrected chi connectivity index (χ4v) is 3.71. The average Bonchev–Trinajstić information content (AvgIpc) is 3.22. The van der Waals surface area contributed by atoms with Crippen LogP contribution in [0.5, 0.6) is 0 Å². The summed E-state index contributed by atoms with van der Waals surface area (Å²) in [5.41, 5.74) is 9.96. The summed E-state index contributed by atoms with van der Waals surface area (Å²) >= 11 is 0. The van der Waals surface area contributed by atoms with E-state index in [1.165, 1.54) is 24.1 Å².